The molecule has 8 heteroatoms. The minimum absolute atomic E-state index is 0.228. The maximum Gasteiger partial charge on any atom is 0.256 e. The summed E-state index contributed by atoms with van der Waals surface area (Å²) in [6, 6.07) is 7.84. The smallest absolute Gasteiger partial charge is 0.256 e. The maximum atomic E-state index is 12.5. The molecule has 1 aliphatic rings. The van der Waals surface area contributed by atoms with Crippen LogP contribution in [0.3, 0.4) is 0 Å². The van der Waals surface area contributed by atoms with E-state index in [0.717, 1.165) is 22.8 Å². The molecule has 0 fully saturated rings. The molecule has 8 nitrogen and oxygen atoms in total. The Bertz CT molecular complexity index is 1010. The minimum Gasteiger partial charge on any atom is -0.492 e. The Hall–Kier alpha value is -3.29. The van der Waals surface area contributed by atoms with Crippen molar-refractivity contribution in [2.75, 3.05) is 30.8 Å². The van der Waals surface area contributed by atoms with Gasteiger partial charge >= 0.3 is 0 Å². The number of aromatic nitrogens is 3. The van der Waals surface area contributed by atoms with Gasteiger partial charge in [0, 0.05) is 24.9 Å². The molecule has 0 atom stereocenters. The highest BCUT2D eigenvalue weighted by Crippen LogP contribution is 2.31. The van der Waals surface area contributed by atoms with Crippen molar-refractivity contribution in [1.29, 1.82) is 0 Å². The van der Waals surface area contributed by atoms with Gasteiger partial charge in [-0.2, -0.15) is 9.61 Å². The zero-order valence-corrected chi connectivity index (χ0v) is 15.5. The van der Waals surface area contributed by atoms with E-state index in [1.54, 1.807) is 4.52 Å². The summed E-state index contributed by atoms with van der Waals surface area (Å²) in [5, 5.41) is 13.6. The molecule has 140 valence electrons. The Morgan fingerprint density at radius 2 is 2.15 bits per heavy atom. The second kappa shape index (κ2) is 6.79. The van der Waals surface area contributed by atoms with E-state index < -0.39 is 0 Å². The fourth-order valence-electron chi connectivity index (χ4n) is 3.17. The lowest BCUT2D eigenvalue weighted by Gasteiger charge is -2.17. The van der Waals surface area contributed by atoms with Crippen molar-refractivity contribution < 1.29 is 9.53 Å². The Kier molecular flexibility index (Phi) is 4.31. The van der Waals surface area contributed by atoms with Crippen LogP contribution in [0.5, 0.6) is 5.75 Å². The first kappa shape index (κ1) is 17.1. The van der Waals surface area contributed by atoms with Gasteiger partial charge in [0.15, 0.2) is 5.65 Å². The number of carbonyl (C=O) groups is 1. The molecule has 0 spiro atoms. The minimum atomic E-state index is -0.228. The highest BCUT2D eigenvalue weighted by atomic mass is 16.5. The van der Waals surface area contributed by atoms with Crippen LogP contribution in [-0.2, 0) is 0 Å². The average molecular weight is 366 g/mol. The first-order valence-electron chi connectivity index (χ1n) is 8.95. The molecule has 2 aromatic heterocycles. The number of amides is 1. The van der Waals surface area contributed by atoms with E-state index >= 15 is 0 Å². The normalized spacial score (nSPS) is 14.0. The van der Waals surface area contributed by atoms with E-state index in [0.29, 0.717) is 36.1 Å². The number of anilines is 3. The van der Waals surface area contributed by atoms with Crippen molar-refractivity contribution in [1.82, 2.24) is 19.9 Å². The van der Waals surface area contributed by atoms with Crippen LogP contribution in [0.15, 0.2) is 30.5 Å². The number of hydrogen-bond acceptors (Lipinski definition) is 6. The molecule has 27 heavy (non-hydrogen) atoms. The molecule has 0 saturated heterocycles. The van der Waals surface area contributed by atoms with Gasteiger partial charge in [-0.1, -0.05) is 19.9 Å². The zero-order valence-electron chi connectivity index (χ0n) is 15.5. The standard InChI is InChI=1S/C19H22N6O2/c1-11(2)13-5-4-12-8-15(13)23-16-9-17(20-3)25-18(24-16)14(10-22-25)19(26)21-6-7-27-12/h4-5,8-11,20H,6-7H2,1-3H3,(H,21,26)(H,23,24). The SMILES string of the molecule is CNc1cc2nc3c(cnn13)C(=O)NCCOc1ccc(C(C)C)c(c1)N2. The lowest BCUT2D eigenvalue weighted by molar-refractivity contribution is 0.0948. The Labute approximate surface area is 156 Å². The van der Waals surface area contributed by atoms with Crippen LogP contribution >= 0.6 is 0 Å². The summed E-state index contributed by atoms with van der Waals surface area (Å²) in [6.07, 6.45) is 1.53. The maximum absolute atomic E-state index is 12.5. The van der Waals surface area contributed by atoms with Crippen LogP contribution in [0, 0.1) is 0 Å². The molecule has 0 radical (unpaired) electrons. The van der Waals surface area contributed by atoms with Gasteiger partial charge in [-0.05, 0) is 17.5 Å². The van der Waals surface area contributed by atoms with E-state index in [1.807, 2.05) is 25.2 Å². The van der Waals surface area contributed by atoms with Crippen LogP contribution < -0.4 is 20.7 Å². The Morgan fingerprint density at radius 1 is 1.30 bits per heavy atom. The second-order valence-electron chi connectivity index (χ2n) is 6.70. The molecule has 1 amide bonds. The fourth-order valence-corrected chi connectivity index (χ4v) is 3.17. The van der Waals surface area contributed by atoms with Crippen molar-refractivity contribution in [2.45, 2.75) is 19.8 Å². The summed E-state index contributed by atoms with van der Waals surface area (Å²) in [5.74, 6) is 2.20. The molecule has 1 aromatic carbocycles. The fraction of sp³-hybridized carbons (Fsp3) is 0.316. The van der Waals surface area contributed by atoms with E-state index in [4.69, 9.17) is 4.74 Å². The summed E-state index contributed by atoms with van der Waals surface area (Å²) < 4.78 is 7.41. The third kappa shape index (κ3) is 3.14. The molecule has 0 unspecified atom stereocenters. The largest absolute Gasteiger partial charge is 0.492 e. The van der Waals surface area contributed by atoms with Gasteiger partial charge in [0.2, 0.25) is 0 Å². The van der Waals surface area contributed by atoms with Gasteiger partial charge in [0.05, 0.1) is 12.7 Å². The number of nitrogens with one attached hydrogen (secondary N) is 3. The van der Waals surface area contributed by atoms with Crippen molar-refractivity contribution in [3.8, 4) is 5.75 Å². The highest BCUT2D eigenvalue weighted by molar-refractivity contribution is 6.00. The van der Waals surface area contributed by atoms with Crippen LogP contribution in [0.4, 0.5) is 17.3 Å². The van der Waals surface area contributed by atoms with E-state index in [9.17, 15) is 4.79 Å². The van der Waals surface area contributed by atoms with Crippen LogP contribution in [0.1, 0.15) is 35.7 Å². The zero-order chi connectivity index (χ0) is 19.0. The number of rotatable bonds is 2. The Balaban J connectivity index is 1.90. The molecule has 4 bridgehead atoms. The molecule has 3 N–H and O–H groups in total. The molecule has 4 rings (SSSR count). The summed E-state index contributed by atoms with van der Waals surface area (Å²) in [5.41, 5.74) is 3.00. The van der Waals surface area contributed by atoms with Crippen molar-refractivity contribution in [3.63, 3.8) is 0 Å². The van der Waals surface area contributed by atoms with E-state index in [1.165, 1.54) is 6.20 Å². The summed E-state index contributed by atoms with van der Waals surface area (Å²) in [4.78, 5) is 17.2. The first-order chi connectivity index (χ1) is 13.1. The van der Waals surface area contributed by atoms with Gasteiger partial charge in [0.25, 0.3) is 5.91 Å². The topological polar surface area (TPSA) is 92.6 Å². The van der Waals surface area contributed by atoms with Crippen LogP contribution in [0.2, 0.25) is 0 Å². The average Bonchev–Trinajstić information content (AvgIpc) is 3.07. The van der Waals surface area contributed by atoms with Gasteiger partial charge < -0.3 is 20.7 Å². The third-order valence-electron chi connectivity index (χ3n) is 4.54. The summed E-state index contributed by atoms with van der Waals surface area (Å²) in [6.45, 7) is 5.05. The lowest BCUT2D eigenvalue weighted by atomic mass is 10.0. The quantitative estimate of drug-likeness (QED) is 0.646. The summed E-state index contributed by atoms with van der Waals surface area (Å²) >= 11 is 0. The van der Waals surface area contributed by atoms with Gasteiger partial charge in [-0.15, -0.1) is 0 Å². The van der Waals surface area contributed by atoms with Gasteiger partial charge in [0.1, 0.15) is 29.6 Å². The molecule has 0 aliphatic carbocycles. The Morgan fingerprint density at radius 3 is 2.93 bits per heavy atom. The van der Waals surface area contributed by atoms with Crippen molar-refractivity contribution in [3.05, 3.63) is 41.6 Å². The number of fused-ring (bicyclic) bond motifs is 3. The molecular weight excluding hydrogens is 344 g/mol. The molecule has 3 aromatic rings. The summed E-state index contributed by atoms with van der Waals surface area (Å²) in [7, 11) is 1.81. The monoisotopic (exact) mass is 366 g/mol. The van der Waals surface area contributed by atoms with Gasteiger partial charge in [-0.25, -0.2) is 4.98 Å². The predicted octanol–water partition coefficient (Wildman–Crippen LogP) is 2.76. The highest BCUT2D eigenvalue weighted by Gasteiger charge is 2.18. The van der Waals surface area contributed by atoms with E-state index in [-0.39, 0.29) is 5.91 Å². The molecule has 3 heterocycles. The van der Waals surface area contributed by atoms with Crippen LogP contribution in [0.25, 0.3) is 5.65 Å². The predicted molar refractivity (Wildman–Crippen MR) is 104 cm³/mol. The lowest BCUT2D eigenvalue weighted by Crippen LogP contribution is -2.28. The number of ether oxygens (including phenoxy) is 1. The number of hydrogen-bond donors (Lipinski definition) is 3. The van der Waals surface area contributed by atoms with Crippen LogP contribution in [-0.4, -0.2) is 40.7 Å². The molecule has 1 aliphatic heterocycles. The molecular formula is C19H22N6O2. The first-order valence-corrected chi connectivity index (χ1v) is 8.95. The number of nitrogens with zero attached hydrogens (tertiary/aromatic N) is 3. The third-order valence-corrected chi connectivity index (χ3v) is 4.54. The van der Waals surface area contributed by atoms with E-state index in [2.05, 4.69) is 45.9 Å². The van der Waals surface area contributed by atoms with Crippen molar-refractivity contribution >= 4 is 28.9 Å². The number of carbonyl (C=O) groups excluding carboxylic acids is 1. The second-order valence-corrected chi connectivity index (χ2v) is 6.70. The number of benzene rings is 1. The van der Waals surface area contributed by atoms with Crippen molar-refractivity contribution in [2.24, 2.45) is 0 Å². The molecule has 0 saturated carbocycles. The van der Waals surface area contributed by atoms with Gasteiger partial charge in [-0.3, -0.25) is 4.79 Å².